The largest absolute Gasteiger partial charge is 0.479 e. The molecule has 15 nitrogen and oxygen atoms in total. The number of nitrogens with zero attached hydrogens (tertiary/aromatic N) is 5. The summed E-state index contributed by atoms with van der Waals surface area (Å²) in [5.41, 5.74) is 7.43. The third-order valence-electron chi connectivity index (χ3n) is 13.6. The summed E-state index contributed by atoms with van der Waals surface area (Å²) < 4.78 is 47.5. The second kappa shape index (κ2) is 30.1. The molecular weight excluding hydrogens is 993 g/mol. The highest BCUT2D eigenvalue weighted by atomic mass is 35.5. The third kappa shape index (κ3) is 19.1. The number of nitriles is 1. The number of carboxylic acids is 1. The minimum atomic E-state index is -4.52. The molecule has 19 heteroatoms. The minimum absolute atomic E-state index is 0. The summed E-state index contributed by atoms with van der Waals surface area (Å²) in [4.78, 5) is 102. The highest BCUT2D eigenvalue weighted by molar-refractivity contribution is 5.97. The number of alkyl halides is 3. The van der Waals surface area contributed by atoms with E-state index in [0.29, 0.717) is 34.9 Å². The number of ketones is 2. The van der Waals surface area contributed by atoms with Crippen molar-refractivity contribution < 1.29 is 56.6 Å². The average molecular weight is 1070 g/mol. The van der Waals surface area contributed by atoms with Crippen LogP contribution in [0.4, 0.5) is 13.2 Å². The molecule has 3 amide bonds. The monoisotopic (exact) mass is 1070 g/mol. The summed E-state index contributed by atoms with van der Waals surface area (Å²) in [7, 11) is 4.40. The molecule has 416 valence electrons. The molecular formula is C56H80ClF3N6O9. The number of rotatable bonds is 30. The van der Waals surface area contributed by atoms with Crippen molar-refractivity contribution in [3.63, 3.8) is 0 Å². The molecule has 0 fully saturated rings. The quantitative estimate of drug-likeness (QED) is 0.0600. The van der Waals surface area contributed by atoms with Crippen molar-refractivity contribution in [3.05, 3.63) is 71.4 Å². The van der Waals surface area contributed by atoms with Gasteiger partial charge >= 0.3 is 18.1 Å². The number of para-hydroxylation sites is 1. The van der Waals surface area contributed by atoms with Gasteiger partial charge in [0.2, 0.25) is 17.7 Å². The second-order valence-electron chi connectivity index (χ2n) is 21.1. The Bertz CT molecular complexity index is 2440. The number of nitrogens with two attached hydrogens (primary N) is 1. The third-order valence-corrected chi connectivity index (χ3v) is 13.6. The molecule has 3 N–H and O–H groups in total. The Balaban J connectivity index is 0.0000193. The van der Waals surface area contributed by atoms with E-state index in [1.807, 2.05) is 71.2 Å². The molecule has 3 aromatic rings. The highest BCUT2D eigenvalue weighted by Crippen LogP contribution is 2.32. The van der Waals surface area contributed by atoms with Gasteiger partial charge in [0, 0.05) is 88.7 Å². The molecule has 0 aliphatic heterocycles. The fourth-order valence-corrected chi connectivity index (χ4v) is 9.39. The van der Waals surface area contributed by atoms with E-state index >= 15 is 9.59 Å². The molecule has 3 rings (SSSR count). The van der Waals surface area contributed by atoms with Crippen molar-refractivity contribution in [2.24, 2.45) is 35.3 Å². The lowest BCUT2D eigenvalue weighted by molar-refractivity contribution is -0.169. The minimum Gasteiger partial charge on any atom is -0.479 e. The molecule has 7 atom stereocenters. The van der Waals surface area contributed by atoms with Gasteiger partial charge in [0.1, 0.15) is 6.04 Å². The first-order chi connectivity index (χ1) is 34.6. The summed E-state index contributed by atoms with van der Waals surface area (Å²) in [5, 5.41) is 19.3. The van der Waals surface area contributed by atoms with Crippen molar-refractivity contribution in [1.82, 2.24) is 19.3 Å². The van der Waals surface area contributed by atoms with Gasteiger partial charge in [0.15, 0.2) is 17.7 Å². The Hall–Kier alpha value is -5.80. The Morgan fingerprint density at radius 2 is 1.27 bits per heavy atom. The fraction of sp³-hybridized carbons (Fsp3) is 0.607. The van der Waals surface area contributed by atoms with Crippen LogP contribution in [0.5, 0.6) is 0 Å². The van der Waals surface area contributed by atoms with Crippen LogP contribution in [0.3, 0.4) is 0 Å². The summed E-state index contributed by atoms with van der Waals surface area (Å²) in [6, 6.07) is 9.74. The van der Waals surface area contributed by atoms with Crippen molar-refractivity contribution >= 4 is 64.5 Å². The van der Waals surface area contributed by atoms with Crippen LogP contribution in [0.25, 0.3) is 10.9 Å². The molecule has 0 unspecified atom stereocenters. The standard InChI is InChI=1S/C56H79F3N6O9.ClH/c1-12-13-18-44(61)53(70)64(11)46(28-36(6)7)48(66)31-40(27-35(4)5)52(69)63(10)47(29-41-33-65(45-19-15-14-17-43(41)45)32-38-21-23-42(24-22-38)56(57,58)59)49(67)30-39(26-34(2)3)51(68)62(9)37(8)55(73)74-50(54(71)72)20-16-25-60;/h14-15,17,19,21-24,33-37,39-40,44,46-47,50H,12-13,16,18,20,26-32,61H2,1-11H3,(H,71,72);1H/t37-,39+,40+,44-,46-,47-,50+;/m0./s1. The number of carbonyl (C=O) groups is 7. The highest BCUT2D eigenvalue weighted by Gasteiger charge is 2.40. The maximum Gasteiger partial charge on any atom is 0.416 e. The molecule has 2 aromatic carbocycles. The zero-order valence-electron chi connectivity index (χ0n) is 45.5. The molecule has 1 heterocycles. The lowest BCUT2D eigenvalue weighted by Gasteiger charge is -2.34. The average Bonchev–Trinajstić information content (AvgIpc) is 3.68. The lowest BCUT2D eigenvalue weighted by Crippen LogP contribution is -2.51. The van der Waals surface area contributed by atoms with Crippen molar-refractivity contribution in [1.29, 1.82) is 5.26 Å². The van der Waals surface area contributed by atoms with Gasteiger partial charge in [-0.25, -0.2) is 9.59 Å². The van der Waals surface area contributed by atoms with Gasteiger partial charge in [-0.15, -0.1) is 12.4 Å². The fourth-order valence-electron chi connectivity index (χ4n) is 9.39. The summed E-state index contributed by atoms with van der Waals surface area (Å²) in [6.45, 7) is 14.9. The van der Waals surface area contributed by atoms with Gasteiger partial charge < -0.3 is 34.8 Å². The number of likely N-dealkylation sites (N-methyl/N-ethyl adjacent to an activating group) is 3. The summed E-state index contributed by atoms with van der Waals surface area (Å²) >= 11 is 0. The molecule has 0 aliphatic carbocycles. The molecule has 0 aliphatic rings. The van der Waals surface area contributed by atoms with Crippen LogP contribution in [-0.2, 0) is 57.4 Å². The number of Topliss-reactive ketones (excluding diaryl/α,β-unsaturated/α-hetero) is 2. The zero-order chi connectivity index (χ0) is 55.8. The Labute approximate surface area is 447 Å². The molecule has 0 saturated heterocycles. The molecule has 1 aromatic heterocycles. The molecule has 0 bridgehead atoms. The lowest BCUT2D eigenvalue weighted by atomic mass is 9.85. The number of ether oxygens (including phenoxy) is 1. The molecule has 0 saturated carbocycles. The van der Waals surface area contributed by atoms with Crippen LogP contribution < -0.4 is 5.73 Å². The van der Waals surface area contributed by atoms with Gasteiger partial charge in [0.25, 0.3) is 0 Å². The van der Waals surface area contributed by atoms with E-state index in [1.54, 1.807) is 25.4 Å². The van der Waals surface area contributed by atoms with E-state index in [2.05, 4.69) is 0 Å². The van der Waals surface area contributed by atoms with Crippen LogP contribution >= 0.6 is 12.4 Å². The van der Waals surface area contributed by atoms with Gasteiger partial charge in [-0.3, -0.25) is 24.0 Å². The second-order valence-corrected chi connectivity index (χ2v) is 21.1. The number of fused-ring (bicyclic) bond motifs is 1. The van der Waals surface area contributed by atoms with Crippen molar-refractivity contribution in [2.75, 3.05) is 21.1 Å². The predicted octanol–water partition coefficient (Wildman–Crippen LogP) is 9.28. The Morgan fingerprint density at radius 1 is 0.747 bits per heavy atom. The SMILES string of the molecule is CCCC[C@H](N)C(=O)N(C)[C@@H](CC(C)C)C(=O)C[C@@H](CC(C)C)C(=O)N(C)[C@@H](Cc1cn(Cc2ccc(C(F)(F)F)cc2)c2ccccc12)C(=O)C[C@@H](CC(C)C)C(=O)N(C)[C@@H](C)C(=O)O[C@H](CCC#N)C(=O)O.Cl. The first kappa shape index (κ1) is 65.3. The van der Waals surface area contributed by atoms with Crippen LogP contribution in [0, 0.1) is 40.9 Å². The van der Waals surface area contributed by atoms with E-state index in [1.165, 1.54) is 43.0 Å². The van der Waals surface area contributed by atoms with Crippen molar-refractivity contribution in [2.45, 2.75) is 169 Å². The van der Waals surface area contributed by atoms with Crippen LogP contribution in [0.2, 0.25) is 0 Å². The topological polar surface area (TPSA) is 213 Å². The first-order valence-corrected chi connectivity index (χ1v) is 25.8. The number of amides is 3. The number of benzene rings is 2. The zero-order valence-corrected chi connectivity index (χ0v) is 46.3. The summed E-state index contributed by atoms with van der Waals surface area (Å²) in [6.07, 6.45) is -2.68. The number of hydrogen-bond donors (Lipinski definition) is 2. The number of hydrogen-bond acceptors (Lipinski definition) is 10. The normalized spacial score (nSPS) is 14.5. The van der Waals surface area contributed by atoms with Crippen LogP contribution in [-0.4, -0.2) is 117 Å². The summed E-state index contributed by atoms with van der Waals surface area (Å²) in [5.74, 6) is -6.93. The number of carbonyl (C=O) groups excluding carboxylic acids is 6. The van der Waals surface area contributed by atoms with E-state index in [-0.39, 0.29) is 93.3 Å². The van der Waals surface area contributed by atoms with Gasteiger partial charge in [-0.2, -0.15) is 18.4 Å². The Morgan fingerprint density at radius 3 is 1.77 bits per heavy atom. The Kier molecular flexibility index (Phi) is 26.2. The number of aromatic nitrogens is 1. The maximum absolute atomic E-state index is 15.2. The number of aliphatic carboxylic acids is 1. The van der Waals surface area contributed by atoms with E-state index in [0.717, 1.165) is 29.9 Å². The number of carboxylic acid groups (broad SMARTS) is 1. The molecule has 0 radical (unpaired) electrons. The number of esters is 1. The van der Waals surface area contributed by atoms with Gasteiger partial charge in [-0.1, -0.05) is 91.6 Å². The van der Waals surface area contributed by atoms with Crippen LogP contribution in [0.15, 0.2) is 54.7 Å². The molecule has 75 heavy (non-hydrogen) atoms. The van der Waals surface area contributed by atoms with Gasteiger partial charge in [0.05, 0.1) is 29.8 Å². The molecule has 0 spiro atoms. The number of unbranched alkanes of at least 4 members (excludes halogenated alkanes) is 1. The van der Waals surface area contributed by atoms with Gasteiger partial charge in [-0.05, 0) is 79.7 Å². The van der Waals surface area contributed by atoms with E-state index in [4.69, 9.17) is 15.7 Å². The van der Waals surface area contributed by atoms with E-state index in [9.17, 15) is 42.3 Å². The van der Waals surface area contributed by atoms with Crippen molar-refractivity contribution in [3.8, 4) is 6.07 Å². The smallest absolute Gasteiger partial charge is 0.416 e. The van der Waals surface area contributed by atoms with E-state index < -0.39 is 83.4 Å². The maximum atomic E-state index is 15.2. The number of halogens is 4. The first-order valence-electron chi connectivity index (χ1n) is 25.8. The van der Waals surface area contributed by atoms with Crippen LogP contribution in [0.1, 0.15) is 136 Å². The predicted molar refractivity (Wildman–Crippen MR) is 283 cm³/mol.